The van der Waals surface area contributed by atoms with Gasteiger partial charge in [0.2, 0.25) is 5.16 Å². The molecule has 7 nitrogen and oxygen atoms in total. The minimum atomic E-state index is -0.180. The van der Waals surface area contributed by atoms with E-state index < -0.39 is 0 Å². The molecule has 2 unspecified atom stereocenters. The van der Waals surface area contributed by atoms with Crippen LogP contribution in [0.15, 0.2) is 64.4 Å². The number of nitrogens with zero attached hydrogens (tertiary/aromatic N) is 6. The number of hydrogen-bond acceptors (Lipinski definition) is 6. The summed E-state index contributed by atoms with van der Waals surface area (Å²) in [4.78, 5) is 13.4. The molecular weight excluding hydrogens is 491 g/mol. The summed E-state index contributed by atoms with van der Waals surface area (Å²) in [6, 6.07) is 15.3. The van der Waals surface area contributed by atoms with Gasteiger partial charge in [0.1, 0.15) is 0 Å². The van der Waals surface area contributed by atoms with Gasteiger partial charge in [-0.05, 0) is 76.7 Å². The summed E-state index contributed by atoms with van der Waals surface area (Å²) in [6.07, 6.45) is 5.05. The molecule has 0 saturated heterocycles. The Hall–Kier alpha value is -2.68. The van der Waals surface area contributed by atoms with Crippen molar-refractivity contribution in [1.82, 2.24) is 25.2 Å². The Morgan fingerprint density at radius 3 is 2.74 bits per heavy atom. The van der Waals surface area contributed by atoms with E-state index in [0.717, 1.165) is 41.7 Å². The molecule has 10 heteroatoms. The lowest BCUT2D eigenvalue weighted by Crippen LogP contribution is -2.32. The van der Waals surface area contributed by atoms with E-state index in [1.54, 1.807) is 16.7 Å². The number of hydrazone groups is 1. The van der Waals surface area contributed by atoms with E-state index in [4.69, 9.17) is 28.3 Å². The predicted octanol–water partition coefficient (Wildman–Crippen LogP) is 5.43. The van der Waals surface area contributed by atoms with Crippen LogP contribution in [0.3, 0.4) is 0 Å². The third-order valence-electron chi connectivity index (χ3n) is 6.06. The summed E-state index contributed by atoms with van der Waals surface area (Å²) in [5, 5.41) is 19.9. The molecule has 1 fully saturated rings. The van der Waals surface area contributed by atoms with Crippen LogP contribution >= 0.6 is 35.0 Å². The molecule has 2 aliphatic rings. The van der Waals surface area contributed by atoms with Crippen molar-refractivity contribution < 1.29 is 4.79 Å². The molecule has 5 rings (SSSR count). The molecule has 2 aromatic carbocycles. The third-order valence-corrected chi connectivity index (χ3v) is 7.55. The highest BCUT2D eigenvalue weighted by atomic mass is 35.5. The first kappa shape index (κ1) is 23.1. The van der Waals surface area contributed by atoms with Crippen molar-refractivity contribution in [3.05, 3.63) is 75.3 Å². The smallest absolute Gasteiger partial charge is 0.253 e. The quantitative estimate of drug-likeness (QED) is 0.425. The molecule has 174 valence electrons. The minimum Gasteiger partial charge on any atom is -0.272 e. The summed E-state index contributed by atoms with van der Waals surface area (Å²) < 4.78 is 1.55. The molecule has 1 aromatic heterocycles. The van der Waals surface area contributed by atoms with E-state index in [1.165, 1.54) is 11.8 Å². The molecular formula is C24H22Cl2N6OS. The molecule has 2 heterocycles. The second-order valence-electron chi connectivity index (χ2n) is 8.32. The second-order valence-corrected chi connectivity index (χ2v) is 10.1. The van der Waals surface area contributed by atoms with Gasteiger partial charge in [-0.25, -0.2) is 9.69 Å². The predicted molar refractivity (Wildman–Crippen MR) is 135 cm³/mol. The van der Waals surface area contributed by atoms with Crippen LogP contribution in [0.2, 0.25) is 10.0 Å². The number of aromatic nitrogens is 4. The maximum atomic E-state index is 13.4. The van der Waals surface area contributed by atoms with Crippen molar-refractivity contribution in [2.24, 2.45) is 18.1 Å². The van der Waals surface area contributed by atoms with Gasteiger partial charge in [0, 0.05) is 23.0 Å². The molecule has 1 aliphatic heterocycles. The fourth-order valence-electron chi connectivity index (χ4n) is 4.53. The zero-order chi connectivity index (χ0) is 23.7. The van der Waals surface area contributed by atoms with E-state index in [0.29, 0.717) is 15.2 Å². The van der Waals surface area contributed by atoms with Crippen molar-refractivity contribution in [2.45, 2.75) is 30.5 Å². The van der Waals surface area contributed by atoms with Crippen LogP contribution in [0, 0.1) is 5.92 Å². The van der Waals surface area contributed by atoms with Gasteiger partial charge < -0.3 is 0 Å². The van der Waals surface area contributed by atoms with E-state index in [-0.39, 0.29) is 23.6 Å². The van der Waals surface area contributed by atoms with Crippen molar-refractivity contribution in [1.29, 1.82) is 0 Å². The van der Waals surface area contributed by atoms with Crippen LogP contribution in [0.25, 0.3) is 6.08 Å². The number of thioether (sulfide) groups is 1. The fourth-order valence-corrected chi connectivity index (χ4v) is 5.56. The van der Waals surface area contributed by atoms with E-state index in [1.807, 2.05) is 48.5 Å². The molecule has 0 bridgehead atoms. The highest BCUT2D eigenvalue weighted by Gasteiger charge is 2.43. The third kappa shape index (κ3) is 4.76. The number of carbonyl (C=O) groups excluding carboxylic acids is 1. The Bertz CT molecular complexity index is 1270. The topological polar surface area (TPSA) is 76.3 Å². The zero-order valence-corrected chi connectivity index (χ0v) is 20.8. The molecule has 0 spiro atoms. The number of tetrazole rings is 1. The summed E-state index contributed by atoms with van der Waals surface area (Å²) in [6.45, 7) is 0. The highest BCUT2D eigenvalue weighted by Crippen LogP contribution is 2.44. The molecule has 0 radical (unpaired) electrons. The van der Waals surface area contributed by atoms with Gasteiger partial charge in [-0.2, -0.15) is 5.10 Å². The molecule has 2 atom stereocenters. The maximum absolute atomic E-state index is 13.4. The Labute approximate surface area is 211 Å². The lowest BCUT2D eigenvalue weighted by Gasteiger charge is -2.29. The average molecular weight is 513 g/mol. The number of halogens is 2. The first-order chi connectivity index (χ1) is 16.5. The lowest BCUT2D eigenvalue weighted by atomic mass is 9.77. The van der Waals surface area contributed by atoms with Crippen LogP contribution in [-0.4, -0.2) is 42.6 Å². The van der Waals surface area contributed by atoms with Crippen LogP contribution in [-0.2, 0) is 11.8 Å². The van der Waals surface area contributed by atoms with Crippen LogP contribution in [0.5, 0.6) is 0 Å². The van der Waals surface area contributed by atoms with Gasteiger partial charge in [0.05, 0.1) is 17.5 Å². The number of rotatable bonds is 5. The maximum Gasteiger partial charge on any atom is 0.253 e. The average Bonchev–Trinajstić information content (AvgIpc) is 3.42. The Morgan fingerprint density at radius 1 is 1.18 bits per heavy atom. The largest absolute Gasteiger partial charge is 0.272 e. The molecule has 0 N–H and O–H groups in total. The number of amides is 1. The number of benzene rings is 2. The Kier molecular flexibility index (Phi) is 6.72. The minimum absolute atomic E-state index is 0.0862. The monoisotopic (exact) mass is 512 g/mol. The van der Waals surface area contributed by atoms with Crippen LogP contribution in [0.4, 0.5) is 0 Å². The number of aryl methyl sites for hydroxylation is 1. The molecule has 1 saturated carbocycles. The fraction of sp³-hybridized carbons (Fsp3) is 0.292. The van der Waals surface area contributed by atoms with E-state index in [2.05, 4.69) is 21.6 Å². The van der Waals surface area contributed by atoms with Gasteiger partial charge in [-0.1, -0.05) is 59.2 Å². The van der Waals surface area contributed by atoms with Crippen molar-refractivity contribution in [3.63, 3.8) is 0 Å². The van der Waals surface area contributed by atoms with Crippen molar-refractivity contribution >= 4 is 52.7 Å². The highest BCUT2D eigenvalue weighted by molar-refractivity contribution is 7.99. The lowest BCUT2D eigenvalue weighted by molar-refractivity contribution is -0.130. The second kappa shape index (κ2) is 9.90. The molecule has 1 amide bonds. The Balaban J connectivity index is 1.48. The first-order valence-corrected chi connectivity index (χ1v) is 12.7. The van der Waals surface area contributed by atoms with Crippen molar-refractivity contribution in [3.8, 4) is 0 Å². The number of carbonyl (C=O) groups is 1. The summed E-state index contributed by atoms with van der Waals surface area (Å²) in [5.74, 6) is 0.220. The summed E-state index contributed by atoms with van der Waals surface area (Å²) in [5.41, 5.74) is 4.18. The zero-order valence-electron chi connectivity index (χ0n) is 18.4. The van der Waals surface area contributed by atoms with Gasteiger partial charge in [-0.15, -0.1) is 5.10 Å². The SMILES string of the molecule is Cn1nnnc1SCC(=O)N1N=C2C(=Cc3cccc(Cl)c3)CCCC2C1c1ccc(Cl)cc1. The van der Waals surface area contributed by atoms with Crippen LogP contribution in [0.1, 0.15) is 36.4 Å². The van der Waals surface area contributed by atoms with Gasteiger partial charge >= 0.3 is 0 Å². The molecule has 1 aliphatic carbocycles. The summed E-state index contributed by atoms with van der Waals surface area (Å²) in [7, 11) is 1.75. The Morgan fingerprint density at radius 2 is 2.00 bits per heavy atom. The van der Waals surface area contributed by atoms with E-state index >= 15 is 0 Å². The van der Waals surface area contributed by atoms with Gasteiger partial charge in [-0.3, -0.25) is 4.79 Å². The van der Waals surface area contributed by atoms with Crippen molar-refractivity contribution in [2.75, 3.05) is 5.75 Å². The normalized spacial score (nSPS) is 21.0. The first-order valence-electron chi connectivity index (χ1n) is 11.0. The number of fused-ring (bicyclic) bond motifs is 1. The molecule has 3 aromatic rings. The number of allylic oxidation sites excluding steroid dienone is 1. The van der Waals surface area contributed by atoms with Crippen LogP contribution < -0.4 is 0 Å². The number of hydrogen-bond donors (Lipinski definition) is 0. The molecule has 34 heavy (non-hydrogen) atoms. The summed E-state index contributed by atoms with van der Waals surface area (Å²) >= 11 is 13.7. The standard InChI is InChI=1S/C24H22Cl2N6OS/c1-31-24(27-29-30-31)34-14-21(33)32-23(16-8-10-18(25)11-9-16)20-7-3-5-17(22(20)28-32)12-15-4-2-6-19(26)13-15/h2,4,6,8-13,20,23H,3,5,7,14H2,1H3. The van der Waals surface area contributed by atoms with Gasteiger partial charge in [0.15, 0.2) is 0 Å². The van der Waals surface area contributed by atoms with Gasteiger partial charge in [0.25, 0.3) is 5.91 Å². The van der Waals surface area contributed by atoms with E-state index in [9.17, 15) is 4.79 Å².